The minimum absolute atomic E-state index is 0. The average Bonchev–Trinajstić information content (AvgIpc) is 3.38. The summed E-state index contributed by atoms with van der Waals surface area (Å²) in [5.41, 5.74) is 6.44. The molecule has 188 valence electrons. The van der Waals surface area contributed by atoms with Gasteiger partial charge in [0.1, 0.15) is 0 Å². The summed E-state index contributed by atoms with van der Waals surface area (Å²) in [6.07, 6.45) is 16.3. The van der Waals surface area contributed by atoms with Gasteiger partial charge < -0.3 is 9.41 Å². The molecule has 0 aliphatic heterocycles. The molecule has 0 saturated heterocycles. The van der Waals surface area contributed by atoms with Gasteiger partial charge in [0.05, 0.1) is 0 Å². The molecule has 0 bridgehead atoms. The third-order valence-electron chi connectivity index (χ3n) is 6.85. The van der Waals surface area contributed by atoms with Gasteiger partial charge in [-0.2, -0.15) is 0 Å². The van der Waals surface area contributed by atoms with Crippen molar-refractivity contribution in [2.45, 2.75) is 60.6 Å². The fraction of sp³-hybridized carbons (Fsp3) is 0.467. The molecule has 2 aliphatic carbocycles. The van der Waals surface area contributed by atoms with Crippen molar-refractivity contribution in [1.29, 1.82) is 0 Å². The van der Waals surface area contributed by atoms with Gasteiger partial charge in [0, 0.05) is 0 Å². The maximum absolute atomic E-state index is 2.66. The molecule has 4 rings (SSSR count). The first kappa shape index (κ1) is 30.7. The van der Waals surface area contributed by atoms with Gasteiger partial charge >= 0.3 is 218 Å². The Bertz CT molecular complexity index is 912. The van der Waals surface area contributed by atoms with Crippen molar-refractivity contribution in [3.05, 3.63) is 81.4 Å². The zero-order valence-electron chi connectivity index (χ0n) is 21.7. The summed E-state index contributed by atoms with van der Waals surface area (Å²) in [5, 5.41) is 3.75. The zero-order valence-corrected chi connectivity index (χ0v) is 26.0. The molecule has 0 nitrogen and oxygen atoms in total. The average molecular weight is 592 g/mol. The Morgan fingerprint density at radius 2 is 0.914 bits per heavy atom. The van der Waals surface area contributed by atoms with Crippen LogP contribution in [0.2, 0.25) is 0 Å². The van der Waals surface area contributed by atoms with Crippen LogP contribution in [0.5, 0.6) is 0 Å². The Morgan fingerprint density at radius 3 is 1.26 bits per heavy atom. The van der Waals surface area contributed by atoms with E-state index in [-0.39, 0.29) is 25.3 Å². The molecule has 35 heavy (non-hydrogen) atoms. The van der Waals surface area contributed by atoms with Gasteiger partial charge in [-0.1, -0.05) is 0 Å². The van der Waals surface area contributed by atoms with Crippen LogP contribution in [-0.2, 0) is 23.2 Å². The summed E-state index contributed by atoms with van der Waals surface area (Å²) in [6, 6.07) is 18.8. The van der Waals surface area contributed by atoms with Gasteiger partial charge in [-0.05, 0) is 0 Å². The second-order valence-electron chi connectivity index (χ2n) is 9.40. The standard InChI is InChI=1S/2C15H20P.2FH.Zr/c2*1-3-9-16(10-4-2)15-11-13-7-5-6-8-14(13)12-15;;;/h2*5-8,11-12H,3-4,9-10H2,1-2H3;2*1H;/q;;;;+2/p-2. The van der Waals surface area contributed by atoms with Crippen LogP contribution in [0.3, 0.4) is 0 Å². The fourth-order valence-corrected chi connectivity index (χ4v) is 18.6. The molecular formula is C30H40F2P2Zr. The Balaban J connectivity index is 0.00000216. The van der Waals surface area contributed by atoms with Gasteiger partial charge in [0.25, 0.3) is 0 Å². The Hall–Kier alpha value is -0.477. The van der Waals surface area contributed by atoms with Gasteiger partial charge in [-0.15, -0.1) is 0 Å². The summed E-state index contributed by atoms with van der Waals surface area (Å²) >= 11 is -0.781. The number of allylic oxidation sites excluding steroid dienone is 2. The van der Waals surface area contributed by atoms with Crippen LogP contribution in [0, 0.1) is 0 Å². The fourth-order valence-electron chi connectivity index (χ4n) is 5.50. The second-order valence-corrected chi connectivity index (χ2v) is 18.0. The molecule has 0 spiro atoms. The molecule has 2 aromatic carbocycles. The first-order valence-corrected chi connectivity index (χ1v) is 19.3. The van der Waals surface area contributed by atoms with Crippen LogP contribution in [0.25, 0.3) is 12.2 Å². The van der Waals surface area contributed by atoms with Crippen molar-refractivity contribution >= 4 is 28.0 Å². The Morgan fingerprint density at radius 1 is 0.571 bits per heavy atom. The molecule has 0 radical (unpaired) electrons. The van der Waals surface area contributed by atoms with E-state index in [0.29, 0.717) is 0 Å². The molecule has 2 atom stereocenters. The molecule has 5 heteroatoms. The summed E-state index contributed by atoms with van der Waals surface area (Å²) in [7, 11) is 0.0226. The number of benzene rings is 2. The molecule has 2 unspecified atom stereocenters. The normalized spacial score (nSPS) is 17.8. The van der Waals surface area contributed by atoms with Gasteiger partial charge in [0.2, 0.25) is 0 Å². The molecule has 0 fully saturated rings. The van der Waals surface area contributed by atoms with Gasteiger partial charge in [0.15, 0.2) is 0 Å². The van der Waals surface area contributed by atoms with Crippen molar-refractivity contribution in [2.75, 3.05) is 24.6 Å². The first-order chi connectivity index (χ1) is 16.2. The predicted octanol–water partition coefficient (Wildman–Crippen LogP) is 3.87. The molecule has 2 aromatic rings. The molecule has 0 N–H and O–H groups in total. The maximum Gasteiger partial charge on any atom is -1.00 e. The summed E-state index contributed by atoms with van der Waals surface area (Å²) < 4.78 is 1.54. The van der Waals surface area contributed by atoms with Crippen LogP contribution in [-0.4, -0.2) is 24.6 Å². The Kier molecular flexibility index (Phi) is 13.2. The number of fused-ring (bicyclic) bond motifs is 2. The van der Waals surface area contributed by atoms with Crippen LogP contribution >= 0.6 is 15.8 Å². The smallest absolute Gasteiger partial charge is 1.00 e. The minimum atomic E-state index is -0.781. The van der Waals surface area contributed by atoms with Crippen LogP contribution in [0.1, 0.15) is 82.9 Å². The molecule has 2 aliphatic rings. The summed E-state index contributed by atoms with van der Waals surface area (Å²) in [4.78, 5) is 0. The molecule has 0 heterocycles. The van der Waals surface area contributed by atoms with E-state index in [1.165, 1.54) is 50.3 Å². The molecular weight excluding hydrogens is 551 g/mol. The van der Waals surface area contributed by atoms with E-state index >= 15 is 0 Å². The van der Waals surface area contributed by atoms with E-state index in [1.54, 1.807) is 22.3 Å². The third kappa shape index (κ3) is 6.89. The molecule has 0 saturated carbocycles. The van der Waals surface area contributed by atoms with Crippen molar-refractivity contribution in [3.63, 3.8) is 0 Å². The van der Waals surface area contributed by atoms with E-state index in [1.807, 2.05) is 10.6 Å². The monoisotopic (exact) mass is 590 g/mol. The Labute approximate surface area is 226 Å². The van der Waals surface area contributed by atoms with Crippen LogP contribution in [0.4, 0.5) is 0 Å². The number of halogens is 2. The topological polar surface area (TPSA) is 0 Å². The molecule has 0 aromatic heterocycles. The maximum atomic E-state index is 2.66. The van der Waals surface area contributed by atoms with E-state index in [9.17, 15) is 0 Å². The van der Waals surface area contributed by atoms with Crippen molar-refractivity contribution in [2.24, 2.45) is 0 Å². The quantitative estimate of drug-likeness (QED) is 0.329. The largest absolute Gasteiger partial charge is 1.00 e. The second kappa shape index (κ2) is 15.1. The van der Waals surface area contributed by atoms with Crippen molar-refractivity contribution in [1.82, 2.24) is 0 Å². The number of hydrogen-bond donors (Lipinski definition) is 0. The number of hydrogen-bond acceptors (Lipinski definition) is 0. The van der Waals surface area contributed by atoms with Crippen molar-refractivity contribution in [3.8, 4) is 0 Å². The van der Waals surface area contributed by atoms with E-state index < -0.39 is 23.2 Å². The zero-order chi connectivity index (χ0) is 23.2. The SMILES string of the molecule is CCCP(CCC)C1=Cc2ccccc2[CH]1[Zr+2][CH]1C(P(CCC)CCC)=Cc2ccccc21.[F-].[F-]. The van der Waals surface area contributed by atoms with Crippen molar-refractivity contribution < 1.29 is 32.6 Å². The van der Waals surface area contributed by atoms with Gasteiger partial charge in [-0.25, -0.2) is 0 Å². The van der Waals surface area contributed by atoms with E-state index in [0.717, 1.165) is 7.25 Å². The summed E-state index contributed by atoms with van der Waals surface area (Å²) in [6.45, 7) is 9.55. The van der Waals surface area contributed by atoms with E-state index in [4.69, 9.17) is 0 Å². The first-order valence-electron chi connectivity index (χ1n) is 13.1. The van der Waals surface area contributed by atoms with Crippen LogP contribution in [0.15, 0.2) is 59.2 Å². The molecule has 0 amide bonds. The minimum Gasteiger partial charge on any atom is -1.00 e. The van der Waals surface area contributed by atoms with E-state index in [2.05, 4.69) is 88.4 Å². The summed E-state index contributed by atoms with van der Waals surface area (Å²) in [5.74, 6) is 0. The van der Waals surface area contributed by atoms with Crippen LogP contribution < -0.4 is 9.41 Å². The number of rotatable bonds is 12. The van der Waals surface area contributed by atoms with Gasteiger partial charge in [-0.3, -0.25) is 0 Å². The predicted molar refractivity (Wildman–Crippen MR) is 149 cm³/mol. The third-order valence-corrected chi connectivity index (χ3v) is 18.9.